The molecule has 1 N–H and O–H groups in total. The van der Waals surface area contributed by atoms with E-state index in [9.17, 15) is 15.2 Å². The SMILES string of the molecule is CN(C(=O)O)c1ccc(-c2c(-c3ccc(C#N)cc3)nc(N3CCC(N(C)C)CC3)c3cncn23)cn1. The quantitative estimate of drug-likeness (QED) is 0.441. The van der Waals surface area contributed by atoms with Gasteiger partial charge in [0.1, 0.15) is 11.3 Å². The van der Waals surface area contributed by atoms with Crippen LogP contribution in [0.1, 0.15) is 18.4 Å². The predicted octanol–water partition coefficient (Wildman–Crippen LogP) is 3.97. The van der Waals surface area contributed by atoms with Gasteiger partial charge < -0.3 is 14.9 Å². The highest BCUT2D eigenvalue weighted by Crippen LogP contribution is 2.36. The molecule has 1 aliphatic heterocycles. The van der Waals surface area contributed by atoms with Gasteiger partial charge in [-0.25, -0.2) is 19.7 Å². The Labute approximate surface area is 215 Å². The summed E-state index contributed by atoms with van der Waals surface area (Å²) < 4.78 is 2.02. The van der Waals surface area contributed by atoms with Crippen LogP contribution >= 0.6 is 0 Å². The summed E-state index contributed by atoms with van der Waals surface area (Å²) in [6.07, 6.45) is 6.26. The molecule has 37 heavy (non-hydrogen) atoms. The van der Waals surface area contributed by atoms with Crippen LogP contribution in [-0.2, 0) is 0 Å². The number of benzene rings is 1. The van der Waals surface area contributed by atoms with Gasteiger partial charge in [0.15, 0.2) is 5.82 Å². The minimum absolute atomic E-state index is 0.325. The predicted molar refractivity (Wildman–Crippen MR) is 142 cm³/mol. The van der Waals surface area contributed by atoms with Gasteiger partial charge in [-0.1, -0.05) is 12.1 Å². The number of fused-ring (bicyclic) bond motifs is 1. The first-order chi connectivity index (χ1) is 17.9. The van der Waals surface area contributed by atoms with Crippen molar-refractivity contribution in [3.63, 3.8) is 0 Å². The molecule has 188 valence electrons. The van der Waals surface area contributed by atoms with Crippen molar-refractivity contribution < 1.29 is 9.90 Å². The standard InChI is InChI=1S/C27H28N8O2/c1-32(2)21-10-12-34(13-11-21)26-22-16-29-17-35(22)25(20-8-9-23(30-15-20)33(3)27(36)37)24(31-26)19-6-4-18(14-28)5-7-19/h4-9,15-17,21H,10-13H2,1-3H3,(H,36,37). The molecule has 4 heterocycles. The maximum absolute atomic E-state index is 11.4. The van der Waals surface area contributed by atoms with E-state index in [4.69, 9.17) is 4.98 Å². The van der Waals surface area contributed by atoms with Gasteiger partial charge in [0.25, 0.3) is 0 Å². The number of pyridine rings is 1. The first-order valence-electron chi connectivity index (χ1n) is 12.1. The molecule has 0 spiro atoms. The van der Waals surface area contributed by atoms with E-state index in [2.05, 4.69) is 39.9 Å². The zero-order valence-corrected chi connectivity index (χ0v) is 21.0. The van der Waals surface area contributed by atoms with Crippen LogP contribution in [0, 0.1) is 11.3 Å². The molecule has 1 aliphatic rings. The van der Waals surface area contributed by atoms with Crippen molar-refractivity contribution in [2.24, 2.45) is 0 Å². The number of hydrogen-bond acceptors (Lipinski definition) is 7. The van der Waals surface area contributed by atoms with Gasteiger partial charge in [0.05, 0.1) is 35.5 Å². The number of carboxylic acid groups (broad SMARTS) is 1. The maximum atomic E-state index is 11.4. The number of carbonyl (C=O) groups is 1. The Morgan fingerprint density at radius 2 is 1.76 bits per heavy atom. The van der Waals surface area contributed by atoms with Crippen molar-refractivity contribution in [1.82, 2.24) is 24.3 Å². The Hall–Kier alpha value is -4.49. The van der Waals surface area contributed by atoms with Crippen LogP contribution in [0.3, 0.4) is 0 Å². The van der Waals surface area contributed by atoms with E-state index in [1.165, 1.54) is 7.05 Å². The first kappa shape index (κ1) is 24.2. The Morgan fingerprint density at radius 1 is 1.05 bits per heavy atom. The summed E-state index contributed by atoms with van der Waals surface area (Å²) in [6.45, 7) is 1.78. The second-order valence-electron chi connectivity index (χ2n) is 9.40. The summed E-state index contributed by atoms with van der Waals surface area (Å²) in [6, 6.07) is 13.6. The number of hydrogen-bond donors (Lipinski definition) is 1. The molecule has 10 heteroatoms. The van der Waals surface area contributed by atoms with Crippen LogP contribution in [0.15, 0.2) is 55.1 Å². The molecular weight excluding hydrogens is 468 g/mol. The minimum atomic E-state index is -1.08. The van der Waals surface area contributed by atoms with Gasteiger partial charge in [-0.15, -0.1) is 0 Å². The molecule has 0 aliphatic carbocycles. The zero-order valence-electron chi connectivity index (χ0n) is 21.0. The van der Waals surface area contributed by atoms with E-state index in [-0.39, 0.29) is 0 Å². The number of aromatic nitrogens is 4. The maximum Gasteiger partial charge on any atom is 0.412 e. The molecule has 0 unspecified atom stereocenters. The topological polar surface area (TPSA) is 114 Å². The third kappa shape index (κ3) is 4.57. The Kier molecular flexibility index (Phi) is 6.46. The van der Waals surface area contributed by atoms with Crippen LogP contribution in [-0.4, -0.2) is 75.7 Å². The summed E-state index contributed by atoms with van der Waals surface area (Å²) in [7, 11) is 5.70. The molecule has 1 saturated heterocycles. The number of amides is 1. The van der Waals surface area contributed by atoms with E-state index in [1.807, 2.05) is 28.8 Å². The lowest BCUT2D eigenvalue weighted by molar-refractivity contribution is 0.203. The second kappa shape index (κ2) is 9.87. The fraction of sp³-hybridized carbons (Fsp3) is 0.296. The fourth-order valence-electron chi connectivity index (χ4n) is 4.80. The third-order valence-corrected chi connectivity index (χ3v) is 6.98. The van der Waals surface area contributed by atoms with E-state index >= 15 is 0 Å². The van der Waals surface area contributed by atoms with Gasteiger partial charge in [0, 0.05) is 43.5 Å². The van der Waals surface area contributed by atoms with Crippen LogP contribution in [0.2, 0.25) is 0 Å². The zero-order chi connectivity index (χ0) is 26.1. The highest BCUT2D eigenvalue weighted by molar-refractivity contribution is 5.87. The number of nitriles is 1. The van der Waals surface area contributed by atoms with Crippen molar-refractivity contribution in [2.75, 3.05) is 44.0 Å². The normalized spacial score (nSPS) is 14.2. The number of imidazole rings is 1. The number of piperidine rings is 1. The lowest BCUT2D eigenvalue weighted by Crippen LogP contribution is -2.42. The Bertz CT molecular complexity index is 1460. The molecule has 3 aromatic heterocycles. The molecule has 1 aromatic carbocycles. The monoisotopic (exact) mass is 496 g/mol. The lowest BCUT2D eigenvalue weighted by Gasteiger charge is -2.36. The summed E-state index contributed by atoms with van der Waals surface area (Å²) in [4.78, 5) is 31.1. The fourth-order valence-corrected chi connectivity index (χ4v) is 4.80. The average molecular weight is 497 g/mol. The molecule has 0 radical (unpaired) electrons. The molecule has 10 nitrogen and oxygen atoms in total. The molecular formula is C27H28N8O2. The highest BCUT2D eigenvalue weighted by atomic mass is 16.4. The Balaban J connectivity index is 1.66. The van der Waals surface area contributed by atoms with Crippen LogP contribution in [0.4, 0.5) is 16.4 Å². The van der Waals surface area contributed by atoms with Crippen molar-refractivity contribution in [3.05, 3.63) is 60.7 Å². The lowest BCUT2D eigenvalue weighted by atomic mass is 10.0. The number of anilines is 2. The average Bonchev–Trinajstić information content (AvgIpc) is 3.42. The largest absolute Gasteiger partial charge is 0.465 e. The van der Waals surface area contributed by atoms with Crippen molar-refractivity contribution >= 4 is 23.2 Å². The van der Waals surface area contributed by atoms with Gasteiger partial charge >= 0.3 is 6.09 Å². The number of nitrogens with zero attached hydrogens (tertiary/aromatic N) is 8. The van der Waals surface area contributed by atoms with Gasteiger partial charge in [-0.3, -0.25) is 9.30 Å². The molecule has 0 saturated carbocycles. The smallest absolute Gasteiger partial charge is 0.412 e. The number of rotatable bonds is 5. The van der Waals surface area contributed by atoms with Crippen LogP contribution < -0.4 is 9.80 Å². The van der Waals surface area contributed by atoms with Crippen LogP contribution in [0.5, 0.6) is 0 Å². The van der Waals surface area contributed by atoms with E-state index < -0.39 is 6.09 Å². The van der Waals surface area contributed by atoms with Crippen molar-refractivity contribution in [1.29, 1.82) is 5.26 Å². The van der Waals surface area contributed by atoms with Gasteiger partial charge in [0.2, 0.25) is 0 Å². The van der Waals surface area contributed by atoms with Crippen molar-refractivity contribution in [3.8, 4) is 28.6 Å². The molecule has 5 rings (SSSR count). The van der Waals surface area contributed by atoms with E-state index in [0.717, 1.165) is 64.7 Å². The summed E-state index contributed by atoms with van der Waals surface area (Å²) >= 11 is 0. The summed E-state index contributed by atoms with van der Waals surface area (Å²) in [5.74, 6) is 1.19. The van der Waals surface area contributed by atoms with Gasteiger partial charge in [-0.2, -0.15) is 5.26 Å². The first-order valence-corrected chi connectivity index (χ1v) is 12.1. The van der Waals surface area contributed by atoms with Crippen molar-refractivity contribution in [2.45, 2.75) is 18.9 Å². The molecule has 0 atom stereocenters. The van der Waals surface area contributed by atoms with Gasteiger partial charge in [-0.05, 0) is 51.2 Å². The molecule has 1 amide bonds. The van der Waals surface area contributed by atoms with E-state index in [1.54, 1.807) is 30.7 Å². The summed E-state index contributed by atoms with van der Waals surface area (Å²) in [5.41, 5.74) is 4.63. The van der Waals surface area contributed by atoms with E-state index in [0.29, 0.717) is 17.4 Å². The molecule has 1 fully saturated rings. The molecule has 0 bridgehead atoms. The molecule has 4 aromatic rings. The summed E-state index contributed by atoms with van der Waals surface area (Å²) in [5, 5.41) is 18.6. The second-order valence-corrected chi connectivity index (χ2v) is 9.40. The minimum Gasteiger partial charge on any atom is -0.465 e. The third-order valence-electron chi connectivity index (χ3n) is 6.98. The van der Waals surface area contributed by atoms with Crippen LogP contribution in [0.25, 0.3) is 28.0 Å². The Morgan fingerprint density at radius 3 is 2.35 bits per heavy atom. The highest BCUT2D eigenvalue weighted by Gasteiger charge is 2.26.